The highest BCUT2D eigenvalue weighted by molar-refractivity contribution is 7.15. The van der Waals surface area contributed by atoms with Crippen LogP contribution >= 0.6 is 11.3 Å². The van der Waals surface area contributed by atoms with E-state index in [0.717, 1.165) is 37.7 Å². The maximum absolute atomic E-state index is 4.60. The van der Waals surface area contributed by atoms with Crippen LogP contribution in [0, 0.1) is 0 Å². The molecule has 0 aliphatic carbocycles. The van der Waals surface area contributed by atoms with Crippen molar-refractivity contribution in [3.05, 3.63) is 11.1 Å². The Labute approximate surface area is 128 Å². The van der Waals surface area contributed by atoms with E-state index >= 15 is 0 Å². The molecule has 1 heterocycles. The minimum absolute atomic E-state index is 0.151. The average Bonchev–Trinajstić information content (AvgIpc) is 2.79. The summed E-state index contributed by atoms with van der Waals surface area (Å²) >= 11 is 1.81. The number of rotatable bonds is 8. The summed E-state index contributed by atoms with van der Waals surface area (Å²) in [5.41, 5.74) is 0.151. The minimum atomic E-state index is 0.151. The quantitative estimate of drug-likeness (QED) is 0.800. The van der Waals surface area contributed by atoms with Gasteiger partial charge in [-0.3, -0.25) is 0 Å². The van der Waals surface area contributed by atoms with Gasteiger partial charge < -0.3 is 15.1 Å². The van der Waals surface area contributed by atoms with Gasteiger partial charge in [-0.1, -0.05) is 6.92 Å². The van der Waals surface area contributed by atoms with Crippen molar-refractivity contribution in [3.8, 4) is 0 Å². The van der Waals surface area contributed by atoms with E-state index < -0.39 is 0 Å². The molecule has 1 aromatic heterocycles. The van der Waals surface area contributed by atoms with Crippen LogP contribution in [0.15, 0.2) is 6.20 Å². The molecule has 1 rings (SSSR count). The summed E-state index contributed by atoms with van der Waals surface area (Å²) in [6.07, 6.45) is 3.17. The summed E-state index contributed by atoms with van der Waals surface area (Å²) in [5.74, 6) is 0. The Balaban J connectivity index is 2.61. The van der Waals surface area contributed by atoms with E-state index in [2.05, 4.69) is 61.9 Å². The molecule has 0 fully saturated rings. The van der Waals surface area contributed by atoms with Gasteiger partial charge in [0, 0.05) is 42.8 Å². The highest BCUT2D eigenvalue weighted by Crippen LogP contribution is 2.23. The molecule has 0 aliphatic heterocycles. The highest BCUT2D eigenvalue weighted by atomic mass is 32.1. The lowest BCUT2D eigenvalue weighted by molar-refractivity contribution is 0.413. The largest absolute Gasteiger partial charge is 0.347 e. The maximum atomic E-state index is 4.60. The first-order valence-corrected chi connectivity index (χ1v) is 8.23. The van der Waals surface area contributed by atoms with Crippen molar-refractivity contribution in [2.45, 2.75) is 46.2 Å². The van der Waals surface area contributed by atoms with Gasteiger partial charge >= 0.3 is 0 Å². The van der Waals surface area contributed by atoms with Crippen LogP contribution in [0.25, 0.3) is 0 Å². The van der Waals surface area contributed by atoms with E-state index in [1.807, 2.05) is 17.5 Å². The Hall–Kier alpha value is -0.650. The van der Waals surface area contributed by atoms with Crippen molar-refractivity contribution in [3.63, 3.8) is 0 Å². The molecule has 0 spiro atoms. The van der Waals surface area contributed by atoms with Crippen LogP contribution in [0.3, 0.4) is 0 Å². The molecule has 0 radical (unpaired) electrons. The maximum Gasteiger partial charge on any atom is 0.185 e. The molecule has 20 heavy (non-hydrogen) atoms. The molecule has 0 saturated heterocycles. The van der Waals surface area contributed by atoms with Crippen molar-refractivity contribution in [1.29, 1.82) is 0 Å². The van der Waals surface area contributed by atoms with Crippen molar-refractivity contribution in [1.82, 2.24) is 15.2 Å². The fourth-order valence-electron chi connectivity index (χ4n) is 1.77. The van der Waals surface area contributed by atoms with Gasteiger partial charge in [0.05, 0.1) is 0 Å². The van der Waals surface area contributed by atoms with Crippen LogP contribution < -0.4 is 10.2 Å². The Kier molecular flexibility index (Phi) is 6.92. The molecule has 1 N–H and O–H groups in total. The lowest BCUT2D eigenvalue weighted by Crippen LogP contribution is -2.34. The van der Waals surface area contributed by atoms with Gasteiger partial charge in [-0.05, 0) is 41.3 Å². The van der Waals surface area contributed by atoms with Crippen molar-refractivity contribution in [2.24, 2.45) is 0 Å². The number of anilines is 1. The fourth-order valence-corrected chi connectivity index (χ4v) is 2.67. The third kappa shape index (κ3) is 6.68. The van der Waals surface area contributed by atoms with Crippen LogP contribution in [-0.2, 0) is 6.54 Å². The molecule has 0 saturated carbocycles. The van der Waals surface area contributed by atoms with Gasteiger partial charge in [0.2, 0.25) is 0 Å². The summed E-state index contributed by atoms with van der Waals surface area (Å²) in [5, 5.41) is 4.67. The number of nitrogens with one attached hydrogen (secondary N) is 1. The number of likely N-dealkylation sites (N-methyl/N-ethyl adjacent to an activating group) is 1. The lowest BCUT2D eigenvalue weighted by Gasteiger charge is -2.23. The molecular formula is C15H30N4S. The molecule has 1 aromatic rings. The monoisotopic (exact) mass is 298 g/mol. The van der Waals surface area contributed by atoms with Crippen molar-refractivity contribution < 1.29 is 0 Å². The van der Waals surface area contributed by atoms with Crippen LogP contribution in [0.4, 0.5) is 5.13 Å². The van der Waals surface area contributed by atoms with Gasteiger partial charge in [0.1, 0.15) is 0 Å². The number of nitrogens with zero attached hydrogens (tertiary/aromatic N) is 3. The van der Waals surface area contributed by atoms with Gasteiger partial charge in [-0.15, -0.1) is 11.3 Å². The van der Waals surface area contributed by atoms with E-state index in [1.54, 1.807) is 0 Å². The van der Waals surface area contributed by atoms with Crippen molar-refractivity contribution >= 4 is 16.5 Å². The molecule has 116 valence electrons. The van der Waals surface area contributed by atoms with Crippen LogP contribution in [0.2, 0.25) is 0 Å². The Morgan fingerprint density at radius 3 is 2.45 bits per heavy atom. The van der Waals surface area contributed by atoms with Crippen LogP contribution in [-0.4, -0.2) is 49.2 Å². The predicted octanol–water partition coefficient (Wildman–Crippen LogP) is 2.81. The summed E-state index contributed by atoms with van der Waals surface area (Å²) in [6, 6.07) is 0. The summed E-state index contributed by atoms with van der Waals surface area (Å²) < 4.78 is 0. The molecule has 4 nitrogen and oxygen atoms in total. The Bertz CT molecular complexity index is 381. The molecule has 0 bridgehead atoms. The normalized spacial score (nSPS) is 12.2. The lowest BCUT2D eigenvalue weighted by atomic mass is 10.1. The Morgan fingerprint density at radius 1 is 1.20 bits per heavy atom. The number of aromatic nitrogens is 1. The highest BCUT2D eigenvalue weighted by Gasteiger charge is 2.13. The van der Waals surface area contributed by atoms with Gasteiger partial charge in [0.15, 0.2) is 5.13 Å². The second kappa shape index (κ2) is 7.96. The SMILES string of the molecule is CCCN(CCN(C)C)c1ncc(CNC(C)(C)C)s1. The zero-order chi connectivity index (χ0) is 15.2. The van der Waals surface area contributed by atoms with Gasteiger partial charge in [-0.25, -0.2) is 4.98 Å². The first-order valence-electron chi connectivity index (χ1n) is 7.41. The van der Waals surface area contributed by atoms with E-state index in [1.165, 1.54) is 4.88 Å². The fraction of sp³-hybridized carbons (Fsp3) is 0.800. The van der Waals surface area contributed by atoms with Crippen LogP contribution in [0.1, 0.15) is 39.0 Å². The Morgan fingerprint density at radius 2 is 1.90 bits per heavy atom. The second-order valence-electron chi connectivity index (χ2n) is 6.50. The van der Waals surface area contributed by atoms with E-state index in [-0.39, 0.29) is 5.54 Å². The molecule has 0 unspecified atom stereocenters. The van der Waals surface area contributed by atoms with E-state index in [4.69, 9.17) is 0 Å². The summed E-state index contributed by atoms with van der Waals surface area (Å²) in [4.78, 5) is 10.5. The van der Waals surface area contributed by atoms with Gasteiger partial charge in [-0.2, -0.15) is 0 Å². The number of hydrogen-bond acceptors (Lipinski definition) is 5. The van der Waals surface area contributed by atoms with E-state index in [0.29, 0.717) is 0 Å². The predicted molar refractivity (Wildman–Crippen MR) is 89.8 cm³/mol. The smallest absolute Gasteiger partial charge is 0.185 e. The third-order valence-electron chi connectivity index (χ3n) is 2.92. The zero-order valence-electron chi connectivity index (χ0n) is 13.9. The first kappa shape index (κ1) is 17.4. The topological polar surface area (TPSA) is 31.4 Å². The summed E-state index contributed by atoms with van der Waals surface area (Å²) in [6.45, 7) is 12.9. The van der Waals surface area contributed by atoms with Crippen LogP contribution in [0.5, 0.6) is 0 Å². The molecule has 0 aliphatic rings. The number of thiazole rings is 1. The van der Waals surface area contributed by atoms with E-state index in [9.17, 15) is 0 Å². The molecule has 0 atom stereocenters. The minimum Gasteiger partial charge on any atom is -0.347 e. The first-order chi connectivity index (χ1) is 9.31. The molecular weight excluding hydrogens is 268 g/mol. The second-order valence-corrected chi connectivity index (χ2v) is 7.60. The molecule has 0 aromatic carbocycles. The zero-order valence-corrected chi connectivity index (χ0v) is 14.7. The number of hydrogen-bond donors (Lipinski definition) is 1. The van der Waals surface area contributed by atoms with Crippen molar-refractivity contribution in [2.75, 3.05) is 38.6 Å². The van der Waals surface area contributed by atoms with Gasteiger partial charge in [0.25, 0.3) is 0 Å². The standard InChI is InChI=1S/C15H30N4S/c1-7-8-19(10-9-18(5)6)14-16-11-13(20-14)12-17-15(2,3)4/h11,17H,7-10,12H2,1-6H3. The summed E-state index contributed by atoms with van der Waals surface area (Å²) in [7, 11) is 4.23. The molecule has 0 amide bonds. The third-order valence-corrected chi connectivity index (χ3v) is 3.97. The average molecular weight is 298 g/mol. The molecule has 5 heteroatoms.